The summed E-state index contributed by atoms with van der Waals surface area (Å²) in [4.78, 5) is 37.4. The number of fused-ring (bicyclic) bond motifs is 3. The van der Waals surface area contributed by atoms with Gasteiger partial charge in [-0.25, -0.2) is 14.2 Å². The molecule has 1 aromatic carbocycles. The molecule has 1 fully saturated rings. The summed E-state index contributed by atoms with van der Waals surface area (Å²) in [5.74, 6) is 0.725. The van der Waals surface area contributed by atoms with E-state index in [1.54, 1.807) is 34.9 Å². The number of likely N-dealkylation sites (tertiary alicyclic amines) is 1. The smallest absolute Gasteiger partial charge is 0.309 e. The van der Waals surface area contributed by atoms with Gasteiger partial charge in [-0.1, -0.05) is 0 Å². The molecule has 0 unspecified atom stereocenters. The molecule has 14 nitrogen and oxygen atoms in total. The second kappa shape index (κ2) is 12.9. The van der Waals surface area contributed by atoms with Gasteiger partial charge in [-0.2, -0.15) is 10.2 Å². The number of hydrogen-bond acceptors (Lipinski definition) is 11. The fraction of sp³-hybridized carbons (Fsp3) is 0.394. The van der Waals surface area contributed by atoms with Crippen molar-refractivity contribution in [2.75, 3.05) is 51.8 Å². The molecular weight excluding hydrogens is 602 g/mol. The van der Waals surface area contributed by atoms with Gasteiger partial charge in [0.2, 0.25) is 0 Å². The number of piperidine rings is 1. The number of nitrogens with zero attached hydrogens (tertiary/aromatic N) is 7. The van der Waals surface area contributed by atoms with Crippen molar-refractivity contribution in [2.45, 2.75) is 32.8 Å². The molecule has 0 saturated carbocycles. The van der Waals surface area contributed by atoms with Gasteiger partial charge in [0.05, 0.1) is 53.2 Å². The van der Waals surface area contributed by atoms with Crippen LogP contribution in [-0.4, -0.2) is 98.7 Å². The van der Waals surface area contributed by atoms with Crippen molar-refractivity contribution in [3.05, 3.63) is 54.7 Å². The number of carbonyl (C=O) groups excluding carboxylic acids is 2. The number of methoxy groups -OCH3 is 1. The van der Waals surface area contributed by atoms with E-state index in [1.165, 1.54) is 0 Å². The van der Waals surface area contributed by atoms with E-state index in [1.807, 2.05) is 44.3 Å². The Morgan fingerprint density at radius 3 is 2.81 bits per heavy atom. The van der Waals surface area contributed by atoms with E-state index < -0.39 is 0 Å². The van der Waals surface area contributed by atoms with E-state index >= 15 is 0 Å². The molecule has 5 aromatic rings. The molecule has 1 saturated heterocycles. The van der Waals surface area contributed by atoms with Crippen molar-refractivity contribution < 1.29 is 23.8 Å². The van der Waals surface area contributed by atoms with Gasteiger partial charge < -0.3 is 29.7 Å². The third kappa shape index (κ3) is 6.03. The van der Waals surface area contributed by atoms with Gasteiger partial charge in [-0.05, 0) is 51.9 Å². The molecule has 2 aliphatic heterocycles. The minimum absolute atomic E-state index is 0.0748. The first-order chi connectivity index (χ1) is 22.9. The summed E-state index contributed by atoms with van der Waals surface area (Å²) < 4.78 is 20.5. The van der Waals surface area contributed by atoms with Crippen LogP contribution in [0.5, 0.6) is 11.5 Å². The predicted octanol–water partition coefficient (Wildman–Crippen LogP) is 3.34. The Hall–Kier alpha value is -5.24. The monoisotopic (exact) mass is 639 g/mol. The highest BCUT2D eigenvalue weighted by atomic mass is 16.5. The van der Waals surface area contributed by atoms with E-state index in [-0.39, 0.29) is 29.6 Å². The molecule has 7 rings (SSSR count). The molecule has 4 aromatic heterocycles. The number of esters is 1. The molecule has 2 N–H and O–H groups in total. The highest BCUT2D eigenvalue weighted by Gasteiger charge is 2.27. The van der Waals surface area contributed by atoms with E-state index in [2.05, 4.69) is 25.6 Å². The number of hydrogen-bond donors (Lipinski definition) is 2. The van der Waals surface area contributed by atoms with Crippen molar-refractivity contribution in [1.82, 2.24) is 39.6 Å². The Labute approximate surface area is 271 Å². The van der Waals surface area contributed by atoms with Crippen LogP contribution in [-0.2, 0) is 9.53 Å². The number of rotatable bonds is 9. The maximum absolute atomic E-state index is 13.7. The van der Waals surface area contributed by atoms with Crippen LogP contribution in [0.15, 0.2) is 49.1 Å². The number of carbonyl (C=O) groups is 2. The first kappa shape index (κ1) is 30.4. The molecule has 0 atom stereocenters. The first-order valence-corrected chi connectivity index (χ1v) is 15.9. The Kier molecular flexibility index (Phi) is 8.33. The SMILES string of the molecule is COc1cc2c(cc1-n1nc(C(=O)NCCN3CCC(C(=O)OC(C)C)CC3)c3cnc(-c4cnn5cccnc45)cc31)OCCN2. The number of anilines is 1. The van der Waals surface area contributed by atoms with Crippen LogP contribution < -0.4 is 20.1 Å². The van der Waals surface area contributed by atoms with Crippen molar-refractivity contribution >= 4 is 34.1 Å². The number of amides is 1. The third-order valence-electron chi connectivity index (χ3n) is 8.51. The number of pyridine rings is 1. The minimum atomic E-state index is -0.314. The zero-order chi connectivity index (χ0) is 32.5. The van der Waals surface area contributed by atoms with Crippen molar-refractivity contribution in [3.8, 4) is 28.4 Å². The van der Waals surface area contributed by atoms with E-state index in [0.717, 1.165) is 37.2 Å². The molecule has 0 spiro atoms. The van der Waals surface area contributed by atoms with E-state index in [9.17, 15) is 9.59 Å². The lowest BCUT2D eigenvalue weighted by molar-refractivity contribution is -0.154. The Bertz CT molecular complexity index is 1940. The summed E-state index contributed by atoms with van der Waals surface area (Å²) in [6.45, 7) is 7.57. The van der Waals surface area contributed by atoms with Crippen LogP contribution in [0.4, 0.5) is 5.69 Å². The highest BCUT2D eigenvalue weighted by Crippen LogP contribution is 2.38. The number of benzene rings is 1. The molecular formula is C33H37N9O5. The van der Waals surface area contributed by atoms with Crippen LogP contribution in [0.25, 0.3) is 33.5 Å². The molecule has 2 aliphatic rings. The summed E-state index contributed by atoms with van der Waals surface area (Å²) in [6.07, 6.45) is 8.30. The van der Waals surface area contributed by atoms with Crippen LogP contribution in [0.1, 0.15) is 37.2 Å². The van der Waals surface area contributed by atoms with Crippen LogP contribution in [0.3, 0.4) is 0 Å². The maximum Gasteiger partial charge on any atom is 0.309 e. The van der Waals surface area contributed by atoms with Gasteiger partial charge in [0.25, 0.3) is 5.91 Å². The third-order valence-corrected chi connectivity index (χ3v) is 8.51. The van der Waals surface area contributed by atoms with Gasteiger partial charge in [-0.3, -0.25) is 14.6 Å². The normalized spacial score (nSPS) is 15.3. The van der Waals surface area contributed by atoms with Gasteiger partial charge in [0.15, 0.2) is 11.3 Å². The molecule has 0 radical (unpaired) electrons. The fourth-order valence-corrected chi connectivity index (χ4v) is 6.13. The molecule has 0 bridgehead atoms. The zero-order valence-corrected chi connectivity index (χ0v) is 26.6. The topological polar surface area (TPSA) is 150 Å². The van der Waals surface area contributed by atoms with Gasteiger partial charge in [0.1, 0.15) is 23.8 Å². The van der Waals surface area contributed by atoms with E-state index in [0.29, 0.717) is 65.7 Å². The highest BCUT2D eigenvalue weighted by molar-refractivity contribution is 6.05. The molecule has 6 heterocycles. The summed E-state index contributed by atoms with van der Waals surface area (Å²) in [6, 6.07) is 7.44. The maximum atomic E-state index is 13.7. The second-order valence-electron chi connectivity index (χ2n) is 11.9. The lowest BCUT2D eigenvalue weighted by Gasteiger charge is -2.31. The van der Waals surface area contributed by atoms with E-state index in [4.69, 9.17) is 24.3 Å². The number of aromatic nitrogens is 6. The standard InChI is InChI=1S/C33H37N9O5/c1-20(2)47-33(44)21-5-11-40(12-6-21)13-8-36-32(43)30-23-18-37-24(22-19-38-41-10-4-7-35-31(22)41)15-26(23)42(39-30)27-17-28-25(16-29(27)45-3)34-9-14-46-28/h4,7,10,15-21,34H,5-6,8-9,11-14H2,1-3H3,(H,36,43). The minimum Gasteiger partial charge on any atom is -0.494 e. The molecule has 1 amide bonds. The lowest BCUT2D eigenvalue weighted by Crippen LogP contribution is -2.41. The van der Waals surface area contributed by atoms with Crippen LogP contribution in [0, 0.1) is 5.92 Å². The molecule has 14 heteroatoms. The van der Waals surface area contributed by atoms with Gasteiger partial charge in [-0.15, -0.1) is 0 Å². The van der Waals surface area contributed by atoms with Crippen molar-refractivity contribution in [3.63, 3.8) is 0 Å². The number of ether oxygens (including phenoxy) is 3. The Morgan fingerprint density at radius 2 is 2.00 bits per heavy atom. The van der Waals surface area contributed by atoms with Gasteiger partial charge in [0, 0.05) is 50.4 Å². The summed E-state index contributed by atoms with van der Waals surface area (Å²) >= 11 is 0. The second-order valence-corrected chi connectivity index (χ2v) is 11.9. The largest absolute Gasteiger partial charge is 0.494 e. The van der Waals surface area contributed by atoms with Crippen LogP contribution >= 0.6 is 0 Å². The van der Waals surface area contributed by atoms with Gasteiger partial charge >= 0.3 is 5.97 Å². The molecule has 0 aliphatic carbocycles. The Morgan fingerprint density at radius 1 is 1.15 bits per heavy atom. The zero-order valence-electron chi connectivity index (χ0n) is 26.6. The lowest BCUT2D eigenvalue weighted by atomic mass is 9.97. The number of nitrogens with one attached hydrogen (secondary N) is 2. The summed E-state index contributed by atoms with van der Waals surface area (Å²) in [5.41, 5.74) is 4.39. The average Bonchev–Trinajstić information content (AvgIpc) is 3.69. The average molecular weight is 640 g/mol. The van der Waals surface area contributed by atoms with Crippen LogP contribution in [0.2, 0.25) is 0 Å². The first-order valence-electron chi connectivity index (χ1n) is 15.9. The fourth-order valence-electron chi connectivity index (χ4n) is 6.13. The summed E-state index contributed by atoms with van der Waals surface area (Å²) in [7, 11) is 1.60. The quantitative estimate of drug-likeness (QED) is 0.229. The summed E-state index contributed by atoms with van der Waals surface area (Å²) in [5, 5.41) is 16.2. The molecule has 47 heavy (non-hydrogen) atoms. The van der Waals surface area contributed by atoms with Crippen molar-refractivity contribution in [1.29, 1.82) is 0 Å². The molecule has 244 valence electrons. The Balaban J connectivity index is 1.17. The predicted molar refractivity (Wildman–Crippen MR) is 174 cm³/mol. The van der Waals surface area contributed by atoms with Crippen molar-refractivity contribution in [2.24, 2.45) is 5.92 Å².